The van der Waals surface area contributed by atoms with Gasteiger partial charge >= 0.3 is 0 Å². The average molecular weight is 278 g/mol. The molecule has 0 saturated heterocycles. The predicted molar refractivity (Wildman–Crippen MR) is 88.8 cm³/mol. The van der Waals surface area contributed by atoms with E-state index < -0.39 is 16.5 Å². The molecule has 1 rings (SSSR count). The molecule has 0 atom stereocenters. The molecule has 0 aromatic heterocycles. The standard InChI is InChI=1S/C15H27NSi2/c1-8-14-9-11-15(12-10-14)13-18(6,7)16(2)17(3,4)5/h8-12H,1,13H2,2-7H3. The maximum absolute atomic E-state index is 3.80. The van der Waals surface area contributed by atoms with Gasteiger partial charge in [0.15, 0.2) is 0 Å². The summed E-state index contributed by atoms with van der Waals surface area (Å²) in [5.41, 5.74) is 2.67. The molecule has 0 fully saturated rings. The smallest absolute Gasteiger partial charge is 0.119 e. The van der Waals surface area contributed by atoms with Crippen LogP contribution in [0.15, 0.2) is 30.8 Å². The van der Waals surface area contributed by atoms with Gasteiger partial charge in [-0.05, 0) is 24.2 Å². The first kappa shape index (κ1) is 15.4. The molecular formula is C15H27NSi2. The van der Waals surface area contributed by atoms with E-state index in [4.69, 9.17) is 0 Å². The third-order valence-electron chi connectivity index (χ3n) is 3.77. The van der Waals surface area contributed by atoms with Gasteiger partial charge in [0.2, 0.25) is 0 Å². The molecule has 1 aromatic carbocycles. The van der Waals surface area contributed by atoms with Crippen LogP contribution in [0.4, 0.5) is 0 Å². The first-order chi connectivity index (χ1) is 8.16. The second-order valence-corrected chi connectivity index (χ2v) is 16.8. The van der Waals surface area contributed by atoms with Gasteiger partial charge in [-0.25, -0.2) is 0 Å². The van der Waals surface area contributed by atoms with Crippen LogP contribution in [0.5, 0.6) is 0 Å². The van der Waals surface area contributed by atoms with Gasteiger partial charge in [0.1, 0.15) is 16.5 Å². The number of rotatable bonds is 5. The van der Waals surface area contributed by atoms with Gasteiger partial charge in [-0.1, -0.05) is 69.7 Å². The molecule has 0 bridgehead atoms. The molecule has 3 heteroatoms. The summed E-state index contributed by atoms with van der Waals surface area (Å²) in [6, 6.07) is 10.1. The molecule has 1 nitrogen and oxygen atoms in total. The first-order valence-electron chi connectivity index (χ1n) is 6.62. The molecular weight excluding hydrogens is 250 g/mol. The van der Waals surface area contributed by atoms with Crippen molar-refractivity contribution in [3.8, 4) is 0 Å². The van der Waals surface area contributed by atoms with E-state index in [0.717, 1.165) is 0 Å². The molecule has 0 spiro atoms. The Balaban J connectivity index is 2.84. The molecule has 0 unspecified atom stereocenters. The summed E-state index contributed by atoms with van der Waals surface area (Å²) in [5.74, 6) is 0. The molecule has 0 N–H and O–H groups in total. The molecule has 0 aliphatic heterocycles. The molecule has 0 heterocycles. The van der Waals surface area contributed by atoms with Crippen LogP contribution in [0, 0.1) is 0 Å². The minimum atomic E-state index is -1.34. The molecule has 0 aliphatic carbocycles. The van der Waals surface area contributed by atoms with E-state index in [1.165, 1.54) is 17.2 Å². The second kappa shape index (κ2) is 5.55. The molecule has 18 heavy (non-hydrogen) atoms. The number of benzene rings is 1. The minimum absolute atomic E-state index is 1.19. The van der Waals surface area contributed by atoms with Gasteiger partial charge < -0.3 is 4.23 Å². The fourth-order valence-electron chi connectivity index (χ4n) is 2.30. The summed E-state index contributed by atoms with van der Waals surface area (Å²) in [4.78, 5) is 0. The van der Waals surface area contributed by atoms with Crippen molar-refractivity contribution in [2.75, 3.05) is 7.05 Å². The highest BCUT2D eigenvalue weighted by Crippen LogP contribution is 2.21. The van der Waals surface area contributed by atoms with Gasteiger partial charge in [0.05, 0.1) is 0 Å². The van der Waals surface area contributed by atoms with Crippen molar-refractivity contribution in [1.29, 1.82) is 0 Å². The van der Waals surface area contributed by atoms with E-state index in [9.17, 15) is 0 Å². The Labute approximate surface area is 115 Å². The molecule has 1 aromatic rings. The van der Waals surface area contributed by atoms with Crippen molar-refractivity contribution in [1.82, 2.24) is 4.23 Å². The van der Waals surface area contributed by atoms with Gasteiger partial charge in [-0.3, -0.25) is 0 Å². The van der Waals surface area contributed by atoms with Crippen LogP contribution in [-0.2, 0) is 6.04 Å². The Kier molecular flexibility index (Phi) is 4.75. The van der Waals surface area contributed by atoms with Gasteiger partial charge in [-0.2, -0.15) is 0 Å². The van der Waals surface area contributed by atoms with Crippen molar-refractivity contribution in [3.63, 3.8) is 0 Å². The van der Waals surface area contributed by atoms with E-state index in [1.807, 2.05) is 6.08 Å². The third kappa shape index (κ3) is 3.93. The van der Waals surface area contributed by atoms with Crippen LogP contribution in [0.1, 0.15) is 11.1 Å². The third-order valence-corrected chi connectivity index (χ3v) is 12.7. The van der Waals surface area contributed by atoms with E-state index in [2.05, 4.69) is 74.9 Å². The van der Waals surface area contributed by atoms with Gasteiger partial charge in [0, 0.05) is 0 Å². The normalized spacial score (nSPS) is 12.8. The zero-order valence-corrected chi connectivity index (χ0v) is 14.7. The van der Waals surface area contributed by atoms with Crippen LogP contribution in [0.25, 0.3) is 6.08 Å². The SMILES string of the molecule is C=Cc1ccc(C[Si](C)(C)N(C)[Si](C)(C)C)cc1. The monoisotopic (exact) mass is 277 g/mol. The lowest BCUT2D eigenvalue weighted by Crippen LogP contribution is -2.59. The van der Waals surface area contributed by atoms with E-state index in [-0.39, 0.29) is 0 Å². The summed E-state index contributed by atoms with van der Waals surface area (Å²) in [6.45, 7) is 16.1. The van der Waals surface area contributed by atoms with Crippen molar-refractivity contribution in [2.24, 2.45) is 0 Å². The Hall–Kier alpha value is -0.646. The minimum Gasteiger partial charge on any atom is -0.348 e. The number of nitrogens with zero attached hydrogens (tertiary/aromatic N) is 1. The average Bonchev–Trinajstić information content (AvgIpc) is 2.27. The number of hydrogen-bond acceptors (Lipinski definition) is 1. The van der Waals surface area contributed by atoms with Crippen LogP contribution in [0.3, 0.4) is 0 Å². The topological polar surface area (TPSA) is 3.24 Å². The summed E-state index contributed by atoms with van der Waals surface area (Å²) in [6.07, 6.45) is 1.90. The molecule has 0 saturated carbocycles. The molecule has 0 aliphatic rings. The predicted octanol–water partition coefficient (Wildman–Crippen LogP) is 4.38. The van der Waals surface area contributed by atoms with Gasteiger partial charge in [0.25, 0.3) is 0 Å². The Morgan fingerprint density at radius 2 is 1.56 bits per heavy atom. The van der Waals surface area contributed by atoms with Crippen molar-refractivity contribution < 1.29 is 0 Å². The summed E-state index contributed by atoms with van der Waals surface area (Å²) < 4.78 is 2.72. The quantitative estimate of drug-likeness (QED) is 0.722. The number of hydrogen-bond donors (Lipinski definition) is 0. The van der Waals surface area contributed by atoms with Crippen LogP contribution in [-0.4, -0.2) is 27.7 Å². The lowest BCUT2D eigenvalue weighted by atomic mass is 10.1. The maximum atomic E-state index is 3.80. The van der Waals surface area contributed by atoms with Crippen molar-refractivity contribution in [2.45, 2.75) is 38.8 Å². The maximum Gasteiger partial charge on any atom is 0.119 e. The summed E-state index contributed by atoms with van der Waals surface area (Å²) in [7, 11) is -0.200. The van der Waals surface area contributed by atoms with Crippen molar-refractivity contribution >= 4 is 22.5 Å². The van der Waals surface area contributed by atoms with E-state index in [1.54, 1.807) is 0 Å². The first-order valence-corrected chi connectivity index (χ1v) is 13.2. The second-order valence-electron chi connectivity index (χ2n) is 6.66. The zero-order chi connectivity index (χ0) is 14.0. The van der Waals surface area contributed by atoms with Gasteiger partial charge in [-0.15, -0.1) is 0 Å². The lowest BCUT2D eigenvalue weighted by molar-refractivity contribution is 0.743. The molecule has 0 radical (unpaired) electrons. The Bertz CT molecular complexity index is 401. The van der Waals surface area contributed by atoms with Crippen LogP contribution >= 0.6 is 0 Å². The Morgan fingerprint density at radius 1 is 1.06 bits per heavy atom. The highest BCUT2D eigenvalue weighted by molar-refractivity contribution is 6.89. The fourth-order valence-corrected chi connectivity index (χ4v) is 11.3. The van der Waals surface area contributed by atoms with Crippen LogP contribution < -0.4 is 0 Å². The summed E-state index contributed by atoms with van der Waals surface area (Å²) >= 11 is 0. The van der Waals surface area contributed by atoms with Crippen LogP contribution in [0.2, 0.25) is 32.7 Å². The van der Waals surface area contributed by atoms with E-state index >= 15 is 0 Å². The molecule has 0 amide bonds. The zero-order valence-electron chi connectivity index (χ0n) is 12.7. The fraction of sp³-hybridized carbons (Fsp3) is 0.467. The molecule has 100 valence electrons. The Morgan fingerprint density at radius 3 is 1.94 bits per heavy atom. The lowest BCUT2D eigenvalue weighted by Gasteiger charge is -2.42. The highest BCUT2D eigenvalue weighted by atomic mass is 28.4. The largest absolute Gasteiger partial charge is 0.348 e. The highest BCUT2D eigenvalue weighted by Gasteiger charge is 2.34. The van der Waals surface area contributed by atoms with Crippen molar-refractivity contribution in [3.05, 3.63) is 42.0 Å². The summed E-state index contributed by atoms with van der Waals surface area (Å²) in [5, 5.41) is 0. The van der Waals surface area contributed by atoms with E-state index in [0.29, 0.717) is 0 Å².